The quantitative estimate of drug-likeness (QED) is 0.863. The summed E-state index contributed by atoms with van der Waals surface area (Å²) in [5.74, 6) is 0.128. The van der Waals surface area contributed by atoms with E-state index in [9.17, 15) is 9.59 Å². The second-order valence-corrected chi connectivity index (χ2v) is 5.47. The molecule has 0 unspecified atom stereocenters. The summed E-state index contributed by atoms with van der Waals surface area (Å²) in [6, 6.07) is 3.75. The maximum Gasteiger partial charge on any atom is 0.407 e. The summed E-state index contributed by atoms with van der Waals surface area (Å²) in [5.41, 5.74) is 0. The number of carbonyl (C=O) groups excluding carboxylic acids is 2. The number of hydrogen-bond donors (Lipinski definition) is 1. The zero-order chi connectivity index (χ0) is 13.5. The predicted molar refractivity (Wildman–Crippen MR) is 71.8 cm³/mol. The summed E-state index contributed by atoms with van der Waals surface area (Å²) >= 11 is 1.62. The first-order valence-electron chi connectivity index (χ1n) is 5.92. The molecule has 5 heteroatoms. The van der Waals surface area contributed by atoms with Crippen molar-refractivity contribution in [3.8, 4) is 0 Å². The molecule has 0 bridgehead atoms. The molecule has 1 amide bonds. The first kappa shape index (κ1) is 14.7. The Bertz CT molecular complexity index is 387. The number of thiophene rings is 1. The van der Waals surface area contributed by atoms with E-state index in [1.165, 1.54) is 7.11 Å². The summed E-state index contributed by atoms with van der Waals surface area (Å²) in [4.78, 5) is 24.2. The van der Waals surface area contributed by atoms with E-state index >= 15 is 0 Å². The van der Waals surface area contributed by atoms with E-state index in [0.29, 0.717) is 12.8 Å². The van der Waals surface area contributed by atoms with E-state index in [4.69, 9.17) is 0 Å². The Morgan fingerprint density at radius 1 is 1.44 bits per heavy atom. The van der Waals surface area contributed by atoms with Crippen molar-refractivity contribution < 1.29 is 14.3 Å². The number of ketones is 1. The van der Waals surface area contributed by atoms with E-state index in [1.807, 2.05) is 31.4 Å². The van der Waals surface area contributed by atoms with Crippen molar-refractivity contribution in [1.29, 1.82) is 0 Å². The lowest BCUT2D eigenvalue weighted by atomic mass is 9.99. The van der Waals surface area contributed by atoms with Crippen molar-refractivity contribution >= 4 is 23.2 Å². The third-order valence-corrected chi connectivity index (χ3v) is 3.53. The van der Waals surface area contributed by atoms with E-state index in [1.54, 1.807) is 11.3 Å². The molecule has 1 aromatic heterocycles. The third kappa shape index (κ3) is 4.87. The van der Waals surface area contributed by atoms with Crippen molar-refractivity contribution in [3.05, 3.63) is 22.4 Å². The largest absolute Gasteiger partial charge is 0.453 e. The first-order valence-corrected chi connectivity index (χ1v) is 6.80. The number of Topliss-reactive ketones (excluding diaryl/α,β-unsaturated/α-hetero) is 1. The highest BCUT2D eigenvalue weighted by atomic mass is 32.1. The lowest BCUT2D eigenvalue weighted by Gasteiger charge is -2.17. The van der Waals surface area contributed by atoms with Crippen LogP contribution < -0.4 is 5.32 Å². The van der Waals surface area contributed by atoms with Crippen LogP contribution in [0.5, 0.6) is 0 Å². The molecule has 0 aliphatic rings. The van der Waals surface area contributed by atoms with Gasteiger partial charge in [0.1, 0.15) is 5.78 Å². The van der Waals surface area contributed by atoms with E-state index in [-0.39, 0.29) is 17.7 Å². The molecule has 0 aromatic carbocycles. The van der Waals surface area contributed by atoms with Crippen LogP contribution >= 0.6 is 11.3 Å². The molecule has 0 saturated carbocycles. The number of carbonyl (C=O) groups is 2. The number of nitrogens with one attached hydrogen (secondary N) is 1. The van der Waals surface area contributed by atoms with Crippen LogP contribution in [-0.4, -0.2) is 25.0 Å². The van der Waals surface area contributed by atoms with Gasteiger partial charge < -0.3 is 10.1 Å². The molecular formula is C13H19NO3S. The highest BCUT2D eigenvalue weighted by Crippen LogP contribution is 2.14. The average molecular weight is 269 g/mol. The first-order chi connectivity index (χ1) is 8.52. The molecule has 1 heterocycles. The van der Waals surface area contributed by atoms with Gasteiger partial charge in [0, 0.05) is 29.7 Å². The van der Waals surface area contributed by atoms with Gasteiger partial charge in [0.15, 0.2) is 0 Å². The molecular weight excluding hydrogens is 250 g/mol. The second-order valence-electron chi connectivity index (χ2n) is 4.44. The summed E-state index contributed by atoms with van der Waals surface area (Å²) in [6.07, 6.45) is 0.503. The van der Waals surface area contributed by atoms with Crippen molar-refractivity contribution in [2.24, 2.45) is 5.92 Å². The van der Waals surface area contributed by atoms with Gasteiger partial charge in [0.25, 0.3) is 0 Å². The van der Waals surface area contributed by atoms with Crippen LogP contribution in [-0.2, 0) is 16.0 Å². The van der Waals surface area contributed by atoms with Gasteiger partial charge in [0.05, 0.1) is 7.11 Å². The van der Waals surface area contributed by atoms with Crippen LogP contribution in [0.4, 0.5) is 4.79 Å². The standard InChI is InChI=1S/C13H19NO3S/c1-9(2)12(15)8-10(14-13(16)17-3)7-11-5-4-6-18-11/h4-6,9-10H,7-8H2,1-3H3,(H,14,16)/t10-/m1/s1. The van der Waals surface area contributed by atoms with E-state index in [2.05, 4.69) is 10.1 Å². The Morgan fingerprint density at radius 3 is 2.67 bits per heavy atom. The zero-order valence-corrected chi connectivity index (χ0v) is 11.8. The van der Waals surface area contributed by atoms with Crippen molar-refractivity contribution in [2.75, 3.05) is 7.11 Å². The summed E-state index contributed by atoms with van der Waals surface area (Å²) in [7, 11) is 1.32. The van der Waals surface area contributed by atoms with Gasteiger partial charge in [-0.1, -0.05) is 19.9 Å². The third-order valence-electron chi connectivity index (χ3n) is 2.63. The van der Waals surface area contributed by atoms with Crippen molar-refractivity contribution in [3.63, 3.8) is 0 Å². The molecule has 1 N–H and O–H groups in total. The summed E-state index contributed by atoms with van der Waals surface area (Å²) in [6.45, 7) is 3.73. The minimum Gasteiger partial charge on any atom is -0.453 e. The molecule has 0 fully saturated rings. The molecule has 1 atom stereocenters. The number of ether oxygens (including phenoxy) is 1. The van der Waals surface area contributed by atoms with Crippen LogP contribution in [0.2, 0.25) is 0 Å². The second kappa shape index (κ2) is 7.16. The lowest BCUT2D eigenvalue weighted by molar-refractivity contribution is -0.122. The molecule has 100 valence electrons. The molecule has 0 aliphatic heterocycles. The molecule has 0 spiro atoms. The summed E-state index contributed by atoms with van der Waals surface area (Å²) < 4.78 is 4.58. The fourth-order valence-electron chi connectivity index (χ4n) is 1.55. The smallest absolute Gasteiger partial charge is 0.407 e. The predicted octanol–water partition coefficient (Wildman–Crippen LogP) is 2.63. The van der Waals surface area contributed by atoms with Gasteiger partial charge in [-0.3, -0.25) is 4.79 Å². The maximum absolute atomic E-state index is 11.8. The van der Waals surface area contributed by atoms with Crippen LogP contribution in [0.3, 0.4) is 0 Å². The highest BCUT2D eigenvalue weighted by Gasteiger charge is 2.19. The fourth-order valence-corrected chi connectivity index (χ4v) is 2.34. The van der Waals surface area contributed by atoms with Gasteiger partial charge in [-0.25, -0.2) is 4.79 Å². The molecule has 0 saturated heterocycles. The van der Waals surface area contributed by atoms with Gasteiger partial charge >= 0.3 is 6.09 Å². The normalized spacial score (nSPS) is 12.2. The van der Waals surface area contributed by atoms with Crippen LogP contribution in [0.15, 0.2) is 17.5 Å². The molecule has 1 rings (SSSR count). The monoisotopic (exact) mass is 269 g/mol. The van der Waals surface area contributed by atoms with Gasteiger partial charge in [-0.05, 0) is 11.4 Å². The van der Waals surface area contributed by atoms with Gasteiger partial charge in [0.2, 0.25) is 0 Å². The Hall–Kier alpha value is -1.36. The zero-order valence-electron chi connectivity index (χ0n) is 10.9. The molecule has 4 nitrogen and oxygen atoms in total. The number of alkyl carbamates (subject to hydrolysis) is 1. The van der Waals surface area contributed by atoms with Crippen LogP contribution in [0, 0.1) is 5.92 Å². The highest BCUT2D eigenvalue weighted by molar-refractivity contribution is 7.09. The Labute approximate surface area is 111 Å². The van der Waals surface area contributed by atoms with Gasteiger partial charge in [-0.2, -0.15) is 0 Å². The maximum atomic E-state index is 11.8. The topological polar surface area (TPSA) is 55.4 Å². The van der Waals surface area contributed by atoms with Crippen molar-refractivity contribution in [1.82, 2.24) is 5.32 Å². The minimum absolute atomic E-state index is 0.0183. The number of hydrogen-bond acceptors (Lipinski definition) is 4. The fraction of sp³-hybridized carbons (Fsp3) is 0.538. The SMILES string of the molecule is COC(=O)N[C@@H](CC(=O)C(C)C)Cc1cccs1. The molecule has 1 aromatic rings. The van der Waals surface area contributed by atoms with Crippen molar-refractivity contribution in [2.45, 2.75) is 32.7 Å². The lowest BCUT2D eigenvalue weighted by Crippen LogP contribution is -2.38. The molecule has 18 heavy (non-hydrogen) atoms. The Kier molecular flexibility index (Phi) is 5.85. The summed E-state index contributed by atoms with van der Waals surface area (Å²) in [5, 5.41) is 4.70. The Balaban J connectivity index is 2.62. The van der Waals surface area contributed by atoms with Crippen LogP contribution in [0.1, 0.15) is 25.1 Å². The van der Waals surface area contributed by atoms with Crippen LogP contribution in [0.25, 0.3) is 0 Å². The minimum atomic E-state index is -0.492. The number of rotatable bonds is 6. The molecule has 0 radical (unpaired) electrons. The average Bonchev–Trinajstić information content (AvgIpc) is 2.81. The number of amides is 1. The molecule has 0 aliphatic carbocycles. The van der Waals surface area contributed by atoms with E-state index in [0.717, 1.165) is 4.88 Å². The van der Waals surface area contributed by atoms with Gasteiger partial charge in [-0.15, -0.1) is 11.3 Å². The Morgan fingerprint density at radius 2 is 2.17 bits per heavy atom. The number of methoxy groups -OCH3 is 1. The van der Waals surface area contributed by atoms with E-state index < -0.39 is 6.09 Å².